The smallest absolute Gasteiger partial charge is 0.0762 e. The molecule has 3 heterocycles. The second-order valence-corrected chi connectivity index (χ2v) is 6.83. The van der Waals surface area contributed by atoms with Gasteiger partial charge in [0.2, 0.25) is 0 Å². The highest BCUT2D eigenvalue weighted by molar-refractivity contribution is 5.01. The van der Waals surface area contributed by atoms with E-state index in [2.05, 4.69) is 48.5 Å². The average Bonchev–Trinajstić information content (AvgIpc) is 2.86. The summed E-state index contributed by atoms with van der Waals surface area (Å²) >= 11 is 0. The predicted molar refractivity (Wildman–Crippen MR) is 81.7 cm³/mol. The van der Waals surface area contributed by atoms with Crippen LogP contribution < -0.4 is 5.32 Å². The van der Waals surface area contributed by atoms with Gasteiger partial charge in [0.25, 0.3) is 0 Å². The van der Waals surface area contributed by atoms with Crippen LogP contribution in [-0.2, 0) is 6.54 Å². The monoisotopic (exact) mass is 276 g/mol. The first-order valence-electron chi connectivity index (χ1n) is 8.13. The van der Waals surface area contributed by atoms with E-state index in [4.69, 9.17) is 0 Å². The van der Waals surface area contributed by atoms with Crippen LogP contribution in [0.2, 0.25) is 0 Å². The van der Waals surface area contributed by atoms with Crippen molar-refractivity contribution in [1.82, 2.24) is 20.0 Å². The third-order valence-corrected chi connectivity index (χ3v) is 5.10. The zero-order valence-electron chi connectivity index (χ0n) is 13.0. The van der Waals surface area contributed by atoms with Crippen molar-refractivity contribution in [1.29, 1.82) is 0 Å². The lowest BCUT2D eigenvalue weighted by molar-refractivity contribution is 0.0481. The fourth-order valence-electron chi connectivity index (χ4n) is 3.79. The predicted octanol–water partition coefficient (Wildman–Crippen LogP) is 2.57. The summed E-state index contributed by atoms with van der Waals surface area (Å²) in [5, 5.41) is 8.36. The quantitative estimate of drug-likeness (QED) is 0.917. The molecule has 2 unspecified atom stereocenters. The molecule has 2 atom stereocenters. The molecule has 2 aliphatic rings. The Balaban J connectivity index is 1.53. The van der Waals surface area contributed by atoms with Crippen molar-refractivity contribution in [3.63, 3.8) is 0 Å². The Bertz CT molecular complexity index is 425. The van der Waals surface area contributed by atoms with Crippen molar-refractivity contribution in [3.05, 3.63) is 18.0 Å². The first-order valence-corrected chi connectivity index (χ1v) is 8.13. The molecule has 4 nitrogen and oxygen atoms in total. The van der Waals surface area contributed by atoms with Crippen LogP contribution in [0.25, 0.3) is 0 Å². The molecule has 0 spiro atoms. The van der Waals surface area contributed by atoms with Crippen LogP contribution in [-0.4, -0.2) is 39.9 Å². The zero-order chi connectivity index (χ0) is 14.1. The minimum atomic E-state index is 0.450. The zero-order valence-corrected chi connectivity index (χ0v) is 13.0. The van der Waals surface area contributed by atoms with Gasteiger partial charge in [0.1, 0.15) is 0 Å². The van der Waals surface area contributed by atoms with Crippen molar-refractivity contribution in [3.8, 4) is 0 Å². The first-order chi connectivity index (χ1) is 9.63. The molecule has 2 fully saturated rings. The molecule has 20 heavy (non-hydrogen) atoms. The number of hydrogen-bond acceptors (Lipinski definition) is 3. The Labute approximate surface area is 122 Å². The lowest BCUT2D eigenvalue weighted by Crippen LogP contribution is -2.54. The summed E-state index contributed by atoms with van der Waals surface area (Å²) in [5.74, 6) is 0. The second-order valence-electron chi connectivity index (χ2n) is 6.83. The van der Waals surface area contributed by atoms with Crippen molar-refractivity contribution < 1.29 is 0 Å². The summed E-state index contributed by atoms with van der Waals surface area (Å²) in [6, 6.07) is 4.86. The van der Waals surface area contributed by atoms with Crippen LogP contribution in [0.1, 0.15) is 57.7 Å². The molecule has 0 radical (unpaired) electrons. The lowest BCUT2D eigenvalue weighted by Gasteiger charge is -2.47. The Morgan fingerprint density at radius 2 is 2.00 bits per heavy atom. The van der Waals surface area contributed by atoms with E-state index in [1.807, 2.05) is 4.68 Å². The van der Waals surface area contributed by atoms with Gasteiger partial charge in [0, 0.05) is 36.9 Å². The van der Waals surface area contributed by atoms with Gasteiger partial charge in [-0.3, -0.25) is 4.68 Å². The highest BCUT2D eigenvalue weighted by Gasteiger charge is 2.35. The minimum Gasteiger partial charge on any atom is -0.308 e. The van der Waals surface area contributed by atoms with E-state index in [9.17, 15) is 0 Å². The normalized spacial score (nSPS) is 30.9. The Morgan fingerprint density at radius 3 is 2.60 bits per heavy atom. The fraction of sp³-hybridized carbons (Fsp3) is 0.812. The highest BCUT2D eigenvalue weighted by Crippen LogP contribution is 2.32. The number of fused-ring (bicyclic) bond motifs is 2. The number of nitrogens with zero attached hydrogens (tertiary/aromatic N) is 3. The Morgan fingerprint density at radius 1 is 1.30 bits per heavy atom. The van der Waals surface area contributed by atoms with Crippen LogP contribution >= 0.6 is 0 Å². The maximum absolute atomic E-state index is 4.63. The molecular formula is C16H28N4. The summed E-state index contributed by atoms with van der Waals surface area (Å²) in [6.07, 6.45) is 8.88. The third-order valence-electron chi connectivity index (χ3n) is 5.10. The molecule has 0 amide bonds. The summed E-state index contributed by atoms with van der Waals surface area (Å²) in [4.78, 5) is 2.62. The van der Waals surface area contributed by atoms with Crippen LogP contribution in [0.5, 0.6) is 0 Å². The van der Waals surface area contributed by atoms with Gasteiger partial charge in [-0.2, -0.15) is 5.10 Å². The van der Waals surface area contributed by atoms with E-state index in [1.54, 1.807) is 0 Å². The van der Waals surface area contributed by atoms with Crippen molar-refractivity contribution >= 4 is 0 Å². The molecule has 0 aromatic carbocycles. The van der Waals surface area contributed by atoms with E-state index in [0.717, 1.165) is 18.6 Å². The number of rotatable bonds is 4. The number of aromatic nitrogens is 2. The van der Waals surface area contributed by atoms with Crippen LogP contribution in [0.4, 0.5) is 0 Å². The number of hydrogen-bond donors (Lipinski definition) is 1. The van der Waals surface area contributed by atoms with E-state index >= 15 is 0 Å². The summed E-state index contributed by atoms with van der Waals surface area (Å²) in [7, 11) is 2.31. The molecule has 2 aliphatic heterocycles. The van der Waals surface area contributed by atoms with E-state index < -0.39 is 0 Å². The van der Waals surface area contributed by atoms with Crippen LogP contribution in [0.15, 0.2) is 12.3 Å². The molecule has 4 heteroatoms. The molecule has 0 aliphatic carbocycles. The first kappa shape index (κ1) is 14.1. The van der Waals surface area contributed by atoms with Gasteiger partial charge in [-0.25, -0.2) is 0 Å². The maximum Gasteiger partial charge on any atom is 0.0762 e. The number of piperidine rings is 2. The number of nitrogens with one attached hydrogen (secondary N) is 1. The molecule has 2 bridgehead atoms. The topological polar surface area (TPSA) is 33.1 Å². The molecule has 112 valence electrons. The van der Waals surface area contributed by atoms with Crippen LogP contribution in [0, 0.1) is 0 Å². The van der Waals surface area contributed by atoms with E-state index in [1.165, 1.54) is 37.8 Å². The average molecular weight is 276 g/mol. The SMILES string of the molecule is CC(C)n1ccc(CNC2CC3CCCC(C2)N3C)n1. The maximum atomic E-state index is 4.63. The van der Waals surface area contributed by atoms with Gasteiger partial charge in [-0.1, -0.05) is 6.42 Å². The molecule has 0 saturated carbocycles. The summed E-state index contributed by atoms with van der Waals surface area (Å²) < 4.78 is 2.04. The molecule has 1 aromatic heterocycles. The van der Waals surface area contributed by atoms with Crippen molar-refractivity contribution in [2.75, 3.05) is 7.05 Å². The largest absolute Gasteiger partial charge is 0.308 e. The van der Waals surface area contributed by atoms with Crippen molar-refractivity contribution in [2.24, 2.45) is 0 Å². The molecule has 1 aromatic rings. The van der Waals surface area contributed by atoms with Gasteiger partial charge in [-0.05, 0) is 52.6 Å². The minimum absolute atomic E-state index is 0.450. The summed E-state index contributed by atoms with van der Waals surface area (Å²) in [5.41, 5.74) is 1.17. The molecule has 2 saturated heterocycles. The lowest BCUT2D eigenvalue weighted by atomic mass is 9.82. The molecule has 3 rings (SSSR count). The molecular weight excluding hydrogens is 248 g/mol. The van der Waals surface area contributed by atoms with E-state index in [-0.39, 0.29) is 0 Å². The highest BCUT2D eigenvalue weighted by atomic mass is 15.3. The summed E-state index contributed by atoms with van der Waals surface area (Å²) in [6.45, 7) is 5.25. The van der Waals surface area contributed by atoms with Gasteiger partial charge in [-0.15, -0.1) is 0 Å². The second kappa shape index (κ2) is 5.86. The van der Waals surface area contributed by atoms with Crippen molar-refractivity contribution in [2.45, 2.75) is 76.7 Å². The van der Waals surface area contributed by atoms with Gasteiger partial charge < -0.3 is 10.2 Å². The molecule has 1 N–H and O–H groups in total. The van der Waals surface area contributed by atoms with Crippen LogP contribution in [0.3, 0.4) is 0 Å². The fourth-order valence-corrected chi connectivity index (χ4v) is 3.79. The van der Waals surface area contributed by atoms with Gasteiger partial charge in [0.05, 0.1) is 5.69 Å². The Kier molecular flexibility index (Phi) is 4.13. The van der Waals surface area contributed by atoms with Gasteiger partial charge >= 0.3 is 0 Å². The standard InChI is InChI=1S/C16H28N4/c1-12(2)20-8-7-13(18-20)11-17-14-9-15-5-4-6-16(10-14)19(15)3/h7-8,12,14-17H,4-6,9-11H2,1-3H3. The third kappa shape index (κ3) is 2.91. The van der Waals surface area contributed by atoms with E-state index in [0.29, 0.717) is 12.1 Å². The Hall–Kier alpha value is -0.870. The van der Waals surface area contributed by atoms with Gasteiger partial charge in [0.15, 0.2) is 0 Å².